The largest absolute Gasteiger partial charge is 0.378 e. The Morgan fingerprint density at radius 2 is 2.00 bits per heavy atom. The van der Waals surface area contributed by atoms with Crippen molar-refractivity contribution in [1.82, 2.24) is 9.55 Å². The molecule has 0 saturated heterocycles. The predicted molar refractivity (Wildman–Crippen MR) is 111 cm³/mol. The van der Waals surface area contributed by atoms with E-state index in [2.05, 4.69) is 72.1 Å². The summed E-state index contributed by atoms with van der Waals surface area (Å²) in [5, 5.41) is 2.62. The van der Waals surface area contributed by atoms with Gasteiger partial charge in [0.1, 0.15) is 0 Å². The van der Waals surface area contributed by atoms with Gasteiger partial charge in [-0.2, -0.15) is 0 Å². The van der Waals surface area contributed by atoms with Crippen LogP contribution in [0.2, 0.25) is 0 Å². The van der Waals surface area contributed by atoms with E-state index < -0.39 is 0 Å². The standard InChI is InChI=1S/C24H30N2O/c1-24(2)11-9-23(22(16-24)17-26-13-12-25-18-26)27-14-10-19-7-8-20-5-3-4-6-21(20)15-19/h3-8,12-13,15,18,22-23H,9-11,14,16-17H2,1-2H3/t22-,23+/m0/s1. The third-order valence-electron chi connectivity index (χ3n) is 5.99. The van der Waals surface area contributed by atoms with Gasteiger partial charge in [0.25, 0.3) is 0 Å². The minimum absolute atomic E-state index is 0.348. The van der Waals surface area contributed by atoms with Crippen LogP contribution in [0.15, 0.2) is 61.2 Å². The molecule has 1 heterocycles. The van der Waals surface area contributed by atoms with E-state index in [1.165, 1.54) is 29.2 Å². The first-order valence-electron chi connectivity index (χ1n) is 10.1. The van der Waals surface area contributed by atoms with Gasteiger partial charge in [-0.1, -0.05) is 56.3 Å². The Balaban J connectivity index is 1.37. The predicted octanol–water partition coefficient (Wildman–Crippen LogP) is 5.49. The van der Waals surface area contributed by atoms with Gasteiger partial charge in [-0.3, -0.25) is 0 Å². The molecule has 0 bridgehead atoms. The number of aromatic nitrogens is 2. The summed E-state index contributed by atoms with van der Waals surface area (Å²) >= 11 is 0. The fourth-order valence-corrected chi connectivity index (χ4v) is 4.50. The molecule has 1 aromatic heterocycles. The molecule has 0 N–H and O–H groups in total. The number of hydrogen-bond acceptors (Lipinski definition) is 2. The molecule has 1 fully saturated rings. The summed E-state index contributed by atoms with van der Waals surface area (Å²) in [7, 11) is 0. The van der Waals surface area contributed by atoms with Crippen LogP contribution in [0.4, 0.5) is 0 Å². The van der Waals surface area contributed by atoms with Crippen molar-refractivity contribution in [2.75, 3.05) is 6.61 Å². The zero-order valence-corrected chi connectivity index (χ0v) is 16.5. The molecule has 0 unspecified atom stereocenters. The first kappa shape index (κ1) is 18.2. The van der Waals surface area contributed by atoms with Gasteiger partial charge in [0.15, 0.2) is 0 Å². The molecule has 27 heavy (non-hydrogen) atoms. The minimum atomic E-state index is 0.348. The van der Waals surface area contributed by atoms with Gasteiger partial charge in [-0.15, -0.1) is 0 Å². The summed E-state index contributed by atoms with van der Waals surface area (Å²) < 4.78 is 8.62. The van der Waals surface area contributed by atoms with E-state index in [0.29, 0.717) is 17.4 Å². The highest BCUT2D eigenvalue weighted by Gasteiger charge is 2.35. The van der Waals surface area contributed by atoms with Crippen molar-refractivity contribution in [2.45, 2.75) is 52.2 Å². The number of fused-ring (bicyclic) bond motifs is 1. The van der Waals surface area contributed by atoms with E-state index in [1.54, 1.807) is 0 Å². The number of benzene rings is 2. The number of hydrogen-bond donors (Lipinski definition) is 0. The third kappa shape index (κ3) is 4.59. The second-order valence-electron chi connectivity index (χ2n) is 8.77. The van der Waals surface area contributed by atoms with Crippen LogP contribution in [0.1, 0.15) is 38.7 Å². The Kier molecular flexibility index (Phi) is 5.31. The molecule has 0 aliphatic heterocycles. The lowest BCUT2D eigenvalue weighted by Crippen LogP contribution is -2.37. The van der Waals surface area contributed by atoms with Gasteiger partial charge in [0.2, 0.25) is 0 Å². The average molecular weight is 363 g/mol. The van der Waals surface area contributed by atoms with Crippen molar-refractivity contribution in [2.24, 2.45) is 11.3 Å². The number of imidazole rings is 1. The van der Waals surface area contributed by atoms with Crippen molar-refractivity contribution in [1.29, 1.82) is 0 Å². The fourth-order valence-electron chi connectivity index (χ4n) is 4.50. The Morgan fingerprint density at radius 3 is 2.81 bits per heavy atom. The maximum absolute atomic E-state index is 6.42. The van der Waals surface area contributed by atoms with Crippen LogP contribution in [0.25, 0.3) is 10.8 Å². The SMILES string of the molecule is CC1(C)CC[C@@H](OCCc2ccc3ccccc3c2)[C@H](Cn2ccnc2)C1. The number of ether oxygens (including phenoxy) is 1. The molecule has 1 aliphatic carbocycles. The smallest absolute Gasteiger partial charge is 0.0946 e. The van der Waals surface area contributed by atoms with Crippen molar-refractivity contribution < 1.29 is 4.74 Å². The lowest BCUT2D eigenvalue weighted by Gasteiger charge is -2.40. The maximum Gasteiger partial charge on any atom is 0.0946 e. The van der Waals surface area contributed by atoms with Gasteiger partial charge >= 0.3 is 0 Å². The Hall–Kier alpha value is -2.13. The van der Waals surface area contributed by atoms with Crippen LogP contribution in [-0.4, -0.2) is 22.3 Å². The highest BCUT2D eigenvalue weighted by molar-refractivity contribution is 5.82. The summed E-state index contributed by atoms with van der Waals surface area (Å²) in [6, 6.07) is 15.3. The Labute approximate surface area is 162 Å². The third-order valence-corrected chi connectivity index (χ3v) is 5.99. The van der Waals surface area contributed by atoms with E-state index >= 15 is 0 Å². The molecule has 142 valence electrons. The van der Waals surface area contributed by atoms with E-state index in [-0.39, 0.29) is 0 Å². The zero-order chi connectivity index (χ0) is 18.7. The average Bonchev–Trinajstić information content (AvgIpc) is 3.16. The molecule has 2 aromatic carbocycles. The summed E-state index contributed by atoms with van der Waals surface area (Å²) in [4.78, 5) is 4.20. The lowest BCUT2D eigenvalue weighted by atomic mass is 9.70. The highest BCUT2D eigenvalue weighted by Crippen LogP contribution is 2.40. The Bertz CT molecular complexity index is 869. The normalized spacial score (nSPS) is 22.1. The first-order chi connectivity index (χ1) is 13.1. The number of nitrogens with zero attached hydrogens (tertiary/aromatic N) is 2. The summed E-state index contributed by atoms with van der Waals surface area (Å²) in [6.45, 7) is 6.58. The topological polar surface area (TPSA) is 27.1 Å². The summed E-state index contributed by atoms with van der Waals surface area (Å²) in [5.41, 5.74) is 1.76. The quantitative estimate of drug-likeness (QED) is 0.580. The molecule has 3 nitrogen and oxygen atoms in total. The molecule has 3 heteroatoms. The second kappa shape index (κ2) is 7.85. The van der Waals surface area contributed by atoms with Gasteiger partial charge < -0.3 is 9.30 Å². The molecule has 0 radical (unpaired) electrons. The monoisotopic (exact) mass is 362 g/mol. The van der Waals surface area contributed by atoms with Gasteiger partial charge in [0.05, 0.1) is 19.0 Å². The zero-order valence-electron chi connectivity index (χ0n) is 16.5. The highest BCUT2D eigenvalue weighted by atomic mass is 16.5. The molecule has 0 spiro atoms. The maximum atomic E-state index is 6.42. The second-order valence-corrected chi connectivity index (χ2v) is 8.77. The molecular formula is C24H30N2O. The first-order valence-corrected chi connectivity index (χ1v) is 10.1. The van der Waals surface area contributed by atoms with Crippen LogP contribution >= 0.6 is 0 Å². The lowest BCUT2D eigenvalue weighted by molar-refractivity contribution is -0.0423. The molecule has 1 aliphatic rings. The minimum Gasteiger partial charge on any atom is -0.378 e. The molecule has 1 saturated carbocycles. The van der Waals surface area contributed by atoms with E-state index in [1.807, 2.05) is 12.5 Å². The van der Waals surface area contributed by atoms with Gasteiger partial charge in [-0.05, 0) is 47.4 Å². The number of rotatable bonds is 6. The van der Waals surface area contributed by atoms with Crippen LogP contribution in [0, 0.1) is 11.3 Å². The van der Waals surface area contributed by atoms with Crippen LogP contribution in [-0.2, 0) is 17.7 Å². The summed E-state index contributed by atoms with van der Waals surface area (Å²) in [6.07, 6.45) is 10.8. The molecule has 2 atom stereocenters. The van der Waals surface area contributed by atoms with Crippen LogP contribution < -0.4 is 0 Å². The fraction of sp³-hybridized carbons (Fsp3) is 0.458. The van der Waals surface area contributed by atoms with Gasteiger partial charge in [0, 0.05) is 24.9 Å². The van der Waals surface area contributed by atoms with Crippen LogP contribution in [0.5, 0.6) is 0 Å². The van der Waals surface area contributed by atoms with Crippen molar-refractivity contribution >= 4 is 10.8 Å². The molecule has 3 aromatic rings. The van der Waals surface area contributed by atoms with Crippen molar-refractivity contribution in [3.63, 3.8) is 0 Å². The van der Waals surface area contributed by atoms with Crippen molar-refractivity contribution in [3.05, 3.63) is 66.7 Å². The van der Waals surface area contributed by atoms with Crippen LogP contribution in [0.3, 0.4) is 0 Å². The van der Waals surface area contributed by atoms with Gasteiger partial charge in [-0.25, -0.2) is 4.98 Å². The van der Waals surface area contributed by atoms with E-state index in [4.69, 9.17) is 4.74 Å². The van der Waals surface area contributed by atoms with E-state index in [0.717, 1.165) is 26.0 Å². The molecule has 0 amide bonds. The Morgan fingerprint density at radius 1 is 1.15 bits per heavy atom. The molecule has 4 rings (SSSR count). The van der Waals surface area contributed by atoms with Crippen molar-refractivity contribution in [3.8, 4) is 0 Å². The summed E-state index contributed by atoms with van der Waals surface area (Å²) in [5.74, 6) is 0.555. The molecular weight excluding hydrogens is 332 g/mol. The van der Waals surface area contributed by atoms with E-state index in [9.17, 15) is 0 Å².